The van der Waals surface area contributed by atoms with Crippen molar-refractivity contribution in [1.29, 1.82) is 0 Å². The number of benzene rings is 2. The Balaban J connectivity index is 0.00000153. The lowest BCUT2D eigenvalue weighted by Gasteiger charge is -2.26. The van der Waals surface area contributed by atoms with E-state index in [1.54, 1.807) is 0 Å². The summed E-state index contributed by atoms with van der Waals surface area (Å²) in [5, 5.41) is 16.9. The molecule has 1 unspecified atom stereocenters. The second kappa shape index (κ2) is 10.8. The Kier molecular flexibility index (Phi) is 8.29. The SMILES string of the molecule is CC(CO)Nc1cc2c(c(-c3cc4cc(CN5CCCCC5)ccc4[nH]3)c1)C(=O)NC2.Cl.Cl. The molecule has 2 aliphatic rings. The number of carbonyl (C=O) groups is 1. The summed E-state index contributed by atoms with van der Waals surface area (Å²) in [6.07, 6.45) is 3.94. The van der Waals surface area contributed by atoms with E-state index in [1.807, 2.05) is 19.1 Å². The van der Waals surface area contributed by atoms with Gasteiger partial charge >= 0.3 is 0 Å². The average Bonchev–Trinajstić information content (AvgIpc) is 3.37. The summed E-state index contributed by atoms with van der Waals surface area (Å²) in [5.74, 6) is -0.0313. The van der Waals surface area contributed by atoms with E-state index >= 15 is 0 Å². The number of aliphatic hydroxyl groups excluding tert-OH is 1. The lowest BCUT2D eigenvalue weighted by Crippen LogP contribution is -2.28. The van der Waals surface area contributed by atoms with Crippen LogP contribution in [0.2, 0.25) is 0 Å². The normalized spacial score (nSPS) is 16.5. The van der Waals surface area contributed by atoms with Gasteiger partial charge in [0.2, 0.25) is 0 Å². The monoisotopic (exact) mass is 490 g/mol. The third-order valence-electron chi connectivity index (χ3n) is 6.40. The Bertz CT molecular complexity index is 1130. The Morgan fingerprint density at radius 1 is 1.09 bits per heavy atom. The molecule has 4 N–H and O–H groups in total. The zero-order valence-corrected chi connectivity index (χ0v) is 20.5. The lowest BCUT2D eigenvalue weighted by molar-refractivity contribution is 0.0966. The summed E-state index contributed by atoms with van der Waals surface area (Å²) in [6.45, 7) is 5.88. The predicted octanol–water partition coefficient (Wildman–Crippen LogP) is 4.70. The van der Waals surface area contributed by atoms with Gasteiger partial charge in [0, 0.05) is 47.0 Å². The van der Waals surface area contributed by atoms with Crippen molar-refractivity contribution in [2.24, 2.45) is 0 Å². The molecule has 1 amide bonds. The minimum absolute atomic E-state index is 0. The van der Waals surface area contributed by atoms with Crippen LogP contribution >= 0.6 is 24.8 Å². The zero-order chi connectivity index (χ0) is 21.4. The topological polar surface area (TPSA) is 80.4 Å². The highest BCUT2D eigenvalue weighted by atomic mass is 35.5. The number of aromatic nitrogens is 1. The van der Waals surface area contributed by atoms with Crippen LogP contribution in [0.15, 0.2) is 36.4 Å². The van der Waals surface area contributed by atoms with Gasteiger partial charge in [0.25, 0.3) is 5.91 Å². The third-order valence-corrected chi connectivity index (χ3v) is 6.40. The molecule has 3 heterocycles. The first kappa shape index (κ1) is 25.4. The molecule has 0 radical (unpaired) electrons. The number of aliphatic hydroxyl groups is 1. The molecule has 8 heteroatoms. The second-order valence-corrected chi connectivity index (χ2v) is 8.91. The number of halogens is 2. The number of H-pyrrole nitrogens is 1. The van der Waals surface area contributed by atoms with Crippen LogP contribution in [0.3, 0.4) is 0 Å². The molecule has 33 heavy (non-hydrogen) atoms. The van der Waals surface area contributed by atoms with Crippen LogP contribution in [0.1, 0.15) is 47.7 Å². The average molecular weight is 491 g/mol. The van der Waals surface area contributed by atoms with Gasteiger partial charge < -0.3 is 20.7 Å². The van der Waals surface area contributed by atoms with Crippen LogP contribution in [-0.2, 0) is 13.1 Å². The maximum atomic E-state index is 12.5. The molecule has 0 aliphatic carbocycles. The fourth-order valence-electron chi connectivity index (χ4n) is 4.80. The van der Waals surface area contributed by atoms with Gasteiger partial charge in [-0.1, -0.05) is 12.5 Å². The number of anilines is 1. The summed E-state index contributed by atoms with van der Waals surface area (Å²) in [6, 6.07) is 12.7. The highest BCUT2D eigenvalue weighted by Gasteiger charge is 2.25. The number of hydrogen-bond acceptors (Lipinski definition) is 4. The quantitative estimate of drug-likeness (QED) is 0.403. The van der Waals surface area contributed by atoms with Crippen molar-refractivity contribution in [1.82, 2.24) is 15.2 Å². The number of nitrogens with zero attached hydrogens (tertiary/aromatic N) is 1. The van der Waals surface area contributed by atoms with Crippen molar-refractivity contribution >= 4 is 47.3 Å². The number of likely N-dealkylation sites (tertiary alicyclic amines) is 1. The minimum atomic E-state index is -0.0592. The fraction of sp³-hybridized carbons (Fsp3) is 0.400. The Labute approximate surface area is 207 Å². The van der Waals surface area contributed by atoms with Crippen molar-refractivity contribution in [3.05, 3.63) is 53.1 Å². The van der Waals surface area contributed by atoms with E-state index in [9.17, 15) is 9.90 Å². The molecule has 1 saturated heterocycles. The van der Waals surface area contributed by atoms with Crippen LogP contribution in [-0.4, -0.2) is 46.6 Å². The maximum absolute atomic E-state index is 12.5. The van der Waals surface area contributed by atoms with Gasteiger partial charge in [0.1, 0.15) is 0 Å². The van der Waals surface area contributed by atoms with E-state index in [-0.39, 0.29) is 43.4 Å². The predicted molar refractivity (Wildman–Crippen MR) is 139 cm³/mol. The highest BCUT2D eigenvalue weighted by molar-refractivity contribution is 6.06. The van der Waals surface area contributed by atoms with Crippen molar-refractivity contribution < 1.29 is 9.90 Å². The summed E-state index contributed by atoms with van der Waals surface area (Å²) in [4.78, 5) is 18.6. The molecule has 0 spiro atoms. The first-order chi connectivity index (χ1) is 15.1. The van der Waals surface area contributed by atoms with E-state index in [4.69, 9.17) is 0 Å². The van der Waals surface area contributed by atoms with E-state index in [0.29, 0.717) is 6.54 Å². The van der Waals surface area contributed by atoms with Crippen LogP contribution < -0.4 is 10.6 Å². The van der Waals surface area contributed by atoms with Gasteiger partial charge in [-0.15, -0.1) is 24.8 Å². The number of rotatable bonds is 6. The molecule has 1 aromatic heterocycles. The lowest BCUT2D eigenvalue weighted by atomic mass is 9.99. The first-order valence-electron chi connectivity index (χ1n) is 11.3. The number of fused-ring (bicyclic) bond motifs is 2. The number of aromatic amines is 1. The van der Waals surface area contributed by atoms with Crippen LogP contribution in [0.25, 0.3) is 22.2 Å². The number of piperidine rings is 1. The molecule has 5 rings (SSSR count). The molecular formula is C25H32Cl2N4O2. The summed E-state index contributed by atoms with van der Waals surface area (Å²) in [5.41, 5.74) is 6.88. The van der Waals surface area contributed by atoms with Crippen LogP contribution in [0.5, 0.6) is 0 Å². The van der Waals surface area contributed by atoms with Gasteiger partial charge in [-0.25, -0.2) is 0 Å². The molecule has 1 atom stereocenters. The van der Waals surface area contributed by atoms with Gasteiger partial charge in [0.05, 0.1) is 12.2 Å². The molecule has 0 saturated carbocycles. The van der Waals surface area contributed by atoms with Crippen LogP contribution in [0.4, 0.5) is 5.69 Å². The van der Waals surface area contributed by atoms with E-state index < -0.39 is 0 Å². The number of amides is 1. The summed E-state index contributed by atoms with van der Waals surface area (Å²) >= 11 is 0. The molecule has 3 aromatic rings. The largest absolute Gasteiger partial charge is 0.394 e. The second-order valence-electron chi connectivity index (χ2n) is 8.91. The Morgan fingerprint density at radius 3 is 2.64 bits per heavy atom. The number of carbonyl (C=O) groups excluding carboxylic acids is 1. The molecule has 178 valence electrons. The number of hydrogen-bond donors (Lipinski definition) is 4. The van der Waals surface area contributed by atoms with Gasteiger partial charge in [0.15, 0.2) is 0 Å². The van der Waals surface area contributed by atoms with E-state index in [2.05, 4.69) is 44.8 Å². The van der Waals surface area contributed by atoms with Crippen molar-refractivity contribution in [2.45, 2.75) is 45.3 Å². The summed E-state index contributed by atoms with van der Waals surface area (Å²) in [7, 11) is 0. The standard InChI is InChI=1S/C25H30N4O2.2ClH/c1-16(15-30)27-20-10-19-13-26-25(31)24(19)21(12-20)23-11-18-9-17(5-6-22(18)28-23)14-29-7-3-2-4-8-29;;/h5-6,9-12,16,27-28,30H,2-4,7-8,13-15H2,1H3,(H,26,31);2*1H. The molecule has 1 fully saturated rings. The van der Waals surface area contributed by atoms with Gasteiger partial charge in [-0.2, -0.15) is 0 Å². The molecule has 6 nitrogen and oxygen atoms in total. The number of nitrogens with one attached hydrogen (secondary N) is 3. The third kappa shape index (κ3) is 5.30. The fourth-order valence-corrected chi connectivity index (χ4v) is 4.80. The van der Waals surface area contributed by atoms with Crippen molar-refractivity contribution in [2.75, 3.05) is 25.0 Å². The van der Waals surface area contributed by atoms with E-state index in [1.165, 1.54) is 43.3 Å². The molecule has 2 aliphatic heterocycles. The Morgan fingerprint density at radius 2 is 1.88 bits per heavy atom. The van der Waals surface area contributed by atoms with Gasteiger partial charge in [-0.3, -0.25) is 9.69 Å². The molecular weight excluding hydrogens is 459 g/mol. The smallest absolute Gasteiger partial charge is 0.252 e. The first-order valence-corrected chi connectivity index (χ1v) is 11.3. The van der Waals surface area contributed by atoms with E-state index in [0.717, 1.165) is 40.1 Å². The maximum Gasteiger partial charge on any atom is 0.252 e. The van der Waals surface area contributed by atoms with Gasteiger partial charge in [-0.05, 0) is 74.3 Å². The van der Waals surface area contributed by atoms with Crippen molar-refractivity contribution in [3.8, 4) is 11.3 Å². The Hall–Kier alpha value is -2.25. The highest BCUT2D eigenvalue weighted by Crippen LogP contribution is 2.34. The van der Waals surface area contributed by atoms with Crippen molar-refractivity contribution in [3.63, 3.8) is 0 Å². The molecule has 0 bridgehead atoms. The molecule has 2 aromatic carbocycles. The zero-order valence-electron chi connectivity index (χ0n) is 18.8. The minimum Gasteiger partial charge on any atom is -0.394 e. The summed E-state index contributed by atoms with van der Waals surface area (Å²) < 4.78 is 0. The van der Waals surface area contributed by atoms with Crippen LogP contribution in [0, 0.1) is 0 Å².